The maximum absolute atomic E-state index is 5.46. The van der Waals surface area contributed by atoms with Crippen LogP contribution in [-0.4, -0.2) is 4.86 Å². The molecule has 0 aliphatic heterocycles. The Balaban J connectivity index is 3.99. The molecule has 0 aliphatic rings. The lowest BCUT2D eigenvalue weighted by Crippen LogP contribution is -2.26. The molecule has 0 unspecified atom stereocenters. The van der Waals surface area contributed by atoms with Gasteiger partial charge in [0.05, 0.1) is 0 Å². The first-order valence-electron chi connectivity index (χ1n) is 5.46. The summed E-state index contributed by atoms with van der Waals surface area (Å²) in [5.74, 6) is 0.548. The van der Waals surface area contributed by atoms with Crippen LogP contribution in [-0.2, 0) is 0 Å². The van der Waals surface area contributed by atoms with E-state index in [1.54, 1.807) is 0 Å². The fourth-order valence-electron chi connectivity index (χ4n) is 1.72. The summed E-state index contributed by atoms with van der Waals surface area (Å²) in [6.07, 6.45) is 5.20. The minimum Gasteiger partial charge on any atom is -0.0888 e. The Hall–Kier alpha value is 0.0900. The van der Waals surface area contributed by atoms with Crippen molar-refractivity contribution < 1.29 is 0 Å². The summed E-state index contributed by atoms with van der Waals surface area (Å²) in [6.45, 7) is 11.2. The summed E-state index contributed by atoms with van der Waals surface area (Å²) in [4.78, 5) is 1.24. The lowest BCUT2D eigenvalue weighted by molar-refractivity contribution is 0.437. The van der Waals surface area contributed by atoms with Crippen molar-refractivity contribution in [2.75, 3.05) is 0 Å². The minimum atomic E-state index is 0.263. The van der Waals surface area contributed by atoms with Crippen LogP contribution in [0.25, 0.3) is 0 Å². The maximum atomic E-state index is 5.46. The van der Waals surface area contributed by atoms with Gasteiger partial charge in [0.25, 0.3) is 0 Å². The van der Waals surface area contributed by atoms with Gasteiger partial charge in [0, 0.05) is 4.86 Å². The van der Waals surface area contributed by atoms with Crippen molar-refractivity contribution in [2.45, 2.75) is 60.3 Å². The van der Waals surface area contributed by atoms with E-state index in [1.165, 1.54) is 30.5 Å². The molecule has 0 bridgehead atoms. The third-order valence-electron chi connectivity index (χ3n) is 2.60. The molecule has 78 valence electrons. The minimum absolute atomic E-state index is 0.263. The Labute approximate surface area is 89.1 Å². The van der Waals surface area contributed by atoms with Crippen LogP contribution < -0.4 is 0 Å². The summed E-state index contributed by atoms with van der Waals surface area (Å²) < 4.78 is 0. The van der Waals surface area contributed by atoms with Gasteiger partial charge in [-0.05, 0) is 17.8 Å². The Morgan fingerprint density at radius 3 is 2.15 bits per heavy atom. The van der Waals surface area contributed by atoms with Crippen molar-refractivity contribution in [1.29, 1.82) is 0 Å². The van der Waals surface area contributed by atoms with Crippen LogP contribution in [0.5, 0.6) is 0 Å². The molecule has 0 fully saturated rings. The van der Waals surface area contributed by atoms with Gasteiger partial charge >= 0.3 is 0 Å². The molecule has 0 aromatic rings. The predicted molar refractivity (Wildman–Crippen MR) is 65.4 cm³/mol. The van der Waals surface area contributed by atoms with Crippen molar-refractivity contribution in [2.24, 2.45) is 11.3 Å². The van der Waals surface area contributed by atoms with Crippen molar-refractivity contribution in [3.8, 4) is 0 Å². The quantitative estimate of drug-likeness (QED) is 0.445. The number of hydrogen-bond acceptors (Lipinski definition) is 1. The fourth-order valence-corrected chi connectivity index (χ4v) is 1.82. The van der Waals surface area contributed by atoms with E-state index < -0.39 is 0 Å². The topological polar surface area (TPSA) is 0 Å². The molecule has 0 radical (unpaired) electrons. The van der Waals surface area contributed by atoms with Gasteiger partial charge in [0.1, 0.15) is 0 Å². The largest absolute Gasteiger partial charge is 0.0888 e. The molecule has 0 aromatic carbocycles. The molecule has 1 heteroatoms. The van der Waals surface area contributed by atoms with Gasteiger partial charge in [0.2, 0.25) is 0 Å². The predicted octanol–water partition coefficient (Wildman–Crippen LogP) is 4.62. The highest BCUT2D eigenvalue weighted by Gasteiger charge is 2.24. The van der Waals surface area contributed by atoms with E-state index in [0.717, 1.165) is 0 Å². The molecule has 0 saturated heterocycles. The van der Waals surface area contributed by atoms with E-state index in [9.17, 15) is 0 Å². The Bertz CT molecular complexity index is 157. The molecule has 0 N–H and O–H groups in total. The number of hydrogen-bond donors (Lipinski definition) is 0. The zero-order valence-corrected chi connectivity index (χ0v) is 10.6. The molecule has 0 heterocycles. The highest BCUT2D eigenvalue weighted by atomic mass is 32.1. The van der Waals surface area contributed by atoms with Gasteiger partial charge in [-0.2, -0.15) is 0 Å². The third kappa shape index (κ3) is 4.75. The molecule has 0 aromatic heterocycles. The number of unbranched alkanes of at least 4 members (excludes halogenated alkanes) is 2. The van der Waals surface area contributed by atoms with E-state index >= 15 is 0 Å². The van der Waals surface area contributed by atoms with Crippen LogP contribution in [0.2, 0.25) is 0 Å². The van der Waals surface area contributed by atoms with Gasteiger partial charge in [-0.3, -0.25) is 0 Å². The monoisotopic (exact) mass is 200 g/mol. The van der Waals surface area contributed by atoms with E-state index in [0.29, 0.717) is 5.92 Å². The van der Waals surface area contributed by atoms with Gasteiger partial charge in [-0.15, -0.1) is 0 Å². The first kappa shape index (κ1) is 13.1. The van der Waals surface area contributed by atoms with E-state index in [2.05, 4.69) is 34.6 Å². The fraction of sp³-hybridized carbons (Fsp3) is 0.917. The number of thiocarbonyl (C=S) groups is 1. The summed E-state index contributed by atoms with van der Waals surface area (Å²) in [6, 6.07) is 0. The Morgan fingerprint density at radius 1 is 1.23 bits per heavy atom. The first-order valence-corrected chi connectivity index (χ1v) is 5.87. The summed E-state index contributed by atoms with van der Waals surface area (Å²) in [5.41, 5.74) is 0.263. The van der Waals surface area contributed by atoms with Crippen LogP contribution in [0.1, 0.15) is 60.3 Å². The molecule has 0 nitrogen and oxygen atoms in total. The van der Waals surface area contributed by atoms with Crippen LogP contribution in [0.4, 0.5) is 0 Å². The highest BCUT2D eigenvalue weighted by Crippen LogP contribution is 2.29. The average Bonchev–Trinajstić information content (AvgIpc) is 2.03. The zero-order valence-electron chi connectivity index (χ0n) is 9.81. The molecule has 13 heavy (non-hydrogen) atoms. The highest BCUT2D eigenvalue weighted by molar-refractivity contribution is 7.80. The smallest absolute Gasteiger partial charge is 0.00101 e. The number of rotatable bonds is 6. The Kier molecular flexibility index (Phi) is 5.78. The summed E-state index contributed by atoms with van der Waals surface area (Å²) in [5, 5.41) is 0. The van der Waals surface area contributed by atoms with Crippen LogP contribution in [0.15, 0.2) is 0 Å². The molecule has 0 spiro atoms. The van der Waals surface area contributed by atoms with E-state index in [-0.39, 0.29) is 5.41 Å². The third-order valence-corrected chi connectivity index (χ3v) is 3.62. The van der Waals surface area contributed by atoms with Gasteiger partial charge in [-0.1, -0.05) is 66.1 Å². The van der Waals surface area contributed by atoms with Crippen LogP contribution >= 0.6 is 12.2 Å². The molecule has 0 saturated carbocycles. The molecule has 0 rings (SSSR count). The van der Waals surface area contributed by atoms with Gasteiger partial charge in [0.15, 0.2) is 0 Å². The lowest BCUT2D eigenvalue weighted by atomic mass is 9.79. The van der Waals surface area contributed by atoms with Crippen molar-refractivity contribution >= 4 is 17.1 Å². The van der Waals surface area contributed by atoms with Crippen LogP contribution in [0, 0.1) is 11.3 Å². The molecule has 0 aliphatic carbocycles. The Morgan fingerprint density at radius 2 is 1.77 bits per heavy atom. The van der Waals surface area contributed by atoms with Gasteiger partial charge < -0.3 is 0 Å². The molecule has 0 amide bonds. The van der Waals surface area contributed by atoms with Crippen LogP contribution in [0.3, 0.4) is 0 Å². The van der Waals surface area contributed by atoms with E-state index in [4.69, 9.17) is 12.2 Å². The molecule has 0 atom stereocenters. The molecular formula is C12H24S. The SMILES string of the molecule is CCCCCC(C)(C)C(=S)C(C)C. The van der Waals surface area contributed by atoms with Crippen molar-refractivity contribution in [3.63, 3.8) is 0 Å². The summed E-state index contributed by atoms with van der Waals surface area (Å²) in [7, 11) is 0. The lowest BCUT2D eigenvalue weighted by Gasteiger charge is -2.28. The maximum Gasteiger partial charge on any atom is 0.00101 e. The van der Waals surface area contributed by atoms with Crippen molar-refractivity contribution in [1.82, 2.24) is 0 Å². The standard InChI is InChI=1S/C12H24S/c1-6-7-8-9-12(4,5)11(13)10(2)3/h10H,6-9H2,1-5H3. The van der Waals surface area contributed by atoms with Crippen molar-refractivity contribution in [3.05, 3.63) is 0 Å². The zero-order chi connectivity index (χ0) is 10.5. The second kappa shape index (κ2) is 5.74. The second-order valence-corrected chi connectivity index (χ2v) is 5.30. The summed E-state index contributed by atoms with van der Waals surface area (Å²) >= 11 is 5.46. The first-order chi connectivity index (χ1) is 5.91. The van der Waals surface area contributed by atoms with E-state index in [1.807, 2.05) is 0 Å². The second-order valence-electron chi connectivity index (χ2n) is 4.86. The average molecular weight is 200 g/mol. The normalized spacial score (nSPS) is 12.2. The molecular weight excluding hydrogens is 176 g/mol. The van der Waals surface area contributed by atoms with Gasteiger partial charge in [-0.25, -0.2) is 0 Å².